The fourth-order valence-corrected chi connectivity index (χ4v) is 2.46. The second-order valence-corrected chi connectivity index (χ2v) is 4.81. The van der Waals surface area contributed by atoms with Gasteiger partial charge in [0.2, 0.25) is 0 Å². The maximum absolute atomic E-state index is 14.0. The Bertz CT molecular complexity index is 389. The van der Waals surface area contributed by atoms with E-state index in [1.807, 2.05) is 12.1 Å². The first-order valence-corrected chi connectivity index (χ1v) is 6.46. The molecule has 1 aromatic rings. The van der Waals surface area contributed by atoms with Crippen LogP contribution >= 0.6 is 0 Å². The number of nitrogens with two attached hydrogens (primary N) is 1. The van der Waals surface area contributed by atoms with Gasteiger partial charge in [0, 0.05) is 44.4 Å². The van der Waals surface area contributed by atoms with Crippen LogP contribution in [-0.2, 0) is 17.8 Å². The normalized spacial score (nSPS) is 18.2. The minimum atomic E-state index is -0.145. The molecule has 0 amide bonds. The van der Waals surface area contributed by atoms with E-state index in [-0.39, 0.29) is 12.4 Å². The monoisotopic (exact) mass is 252 g/mol. The molecule has 2 N–H and O–H groups in total. The second-order valence-electron chi connectivity index (χ2n) is 4.81. The van der Waals surface area contributed by atoms with Crippen LogP contribution in [0.3, 0.4) is 0 Å². The highest BCUT2D eigenvalue weighted by Crippen LogP contribution is 2.18. The van der Waals surface area contributed by atoms with Gasteiger partial charge in [-0.25, -0.2) is 4.39 Å². The average Bonchev–Trinajstić information content (AvgIpc) is 2.42. The highest BCUT2D eigenvalue weighted by atomic mass is 19.1. The molecule has 3 nitrogen and oxygen atoms in total. The number of nitrogens with zero attached hydrogens (tertiary/aromatic N) is 1. The van der Waals surface area contributed by atoms with Gasteiger partial charge >= 0.3 is 0 Å². The van der Waals surface area contributed by atoms with E-state index < -0.39 is 0 Å². The van der Waals surface area contributed by atoms with Gasteiger partial charge in [0.25, 0.3) is 0 Å². The van der Waals surface area contributed by atoms with Crippen molar-refractivity contribution in [1.29, 1.82) is 0 Å². The van der Waals surface area contributed by atoms with Gasteiger partial charge in [-0.2, -0.15) is 0 Å². The van der Waals surface area contributed by atoms with Crippen LogP contribution in [0.2, 0.25) is 0 Å². The minimum absolute atomic E-state index is 0.145. The molecule has 1 aliphatic heterocycles. The summed E-state index contributed by atoms with van der Waals surface area (Å²) >= 11 is 0. The quantitative estimate of drug-likeness (QED) is 0.889. The molecule has 18 heavy (non-hydrogen) atoms. The Hall–Kier alpha value is -0.970. The van der Waals surface area contributed by atoms with Gasteiger partial charge in [-0.1, -0.05) is 18.2 Å². The zero-order chi connectivity index (χ0) is 13.0. The summed E-state index contributed by atoms with van der Waals surface area (Å²) < 4.78 is 19.4. The topological polar surface area (TPSA) is 38.5 Å². The fourth-order valence-electron chi connectivity index (χ4n) is 2.46. The van der Waals surface area contributed by atoms with Crippen LogP contribution in [0.15, 0.2) is 18.2 Å². The van der Waals surface area contributed by atoms with E-state index >= 15 is 0 Å². The van der Waals surface area contributed by atoms with Crippen LogP contribution in [-0.4, -0.2) is 31.2 Å². The maximum atomic E-state index is 14.0. The maximum Gasteiger partial charge on any atom is 0.132 e. The first-order valence-electron chi connectivity index (χ1n) is 6.46. The molecule has 1 heterocycles. The minimum Gasteiger partial charge on any atom is -0.381 e. The van der Waals surface area contributed by atoms with Crippen LogP contribution in [0.25, 0.3) is 0 Å². The lowest BCUT2D eigenvalue weighted by Crippen LogP contribution is -2.36. The van der Waals surface area contributed by atoms with Gasteiger partial charge in [0.1, 0.15) is 5.82 Å². The third-order valence-corrected chi connectivity index (χ3v) is 3.64. The van der Waals surface area contributed by atoms with E-state index in [1.165, 1.54) is 0 Å². The van der Waals surface area contributed by atoms with Crippen molar-refractivity contribution in [2.75, 3.05) is 20.2 Å². The van der Waals surface area contributed by atoms with Crippen molar-refractivity contribution in [2.24, 2.45) is 5.73 Å². The van der Waals surface area contributed by atoms with Gasteiger partial charge < -0.3 is 10.5 Å². The number of likely N-dealkylation sites (tertiary alicyclic amines) is 1. The van der Waals surface area contributed by atoms with E-state index in [9.17, 15) is 4.39 Å². The number of ether oxygens (including phenoxy) is 1. The van der Waals surface area contributed by atoms with E-state index in [2.05, 4.69) is 4.90 Å². The van der Waals surface area contributed by atoms with Crippen molar-refractivity contribution in [3.05, 3.63) is 35.1 Å². The van der Waals surface area contributed by atoms with Crippen molar-refractivity contribution in [2.45, 2.75) is 32.0 Å². The predicted molar refractivity (Wildman–Crippen MR) is 69.6 cm³/mol. The number of rotatable bonds is 4. The van der Waals surface area contributed by atoms with Gasteiger partial charge in [-0.15, -0.1) is 0 Å². The third-order valence-electron chi connectivity index (χ3n) is 3.64. The lowest BCUT2D eigenvalue weighted by molar-refractivity contribution is 0.0386. The summed E-state index contributed by atoms with van der Waals surface area (Å²) in [7, 11) is 1.75. The predicted octanol–water partition coefficient (Wildman–Crippen LogP) is 1.90. The first kappa shape index (κ1) is 13.5. The molecule has 1 aromatic carbocycles. The third kappa shape index (κ3) is 3.07. The highest BCUT2D eigenvalue weighted by molar-refractivity contribution is 5.25. The average molecular weight is 252 g/mol. The molecule has 4 heteroatoms. The Balaban J connectivity index is 1.98. The highest BCUT2D eigenvalue weighted by Gasteiger charge is 2.19. The number of methoxy groups -OCH3 is 1. The van der Waals surface area contributed by atoms with Gasteiger partial charge in [-0.05, 0) is 12.8 Å². The Labute approximate surface area is 108 Å². The molecule has 0 unspecified atom stereocenters. The Morgan fingerprint density at radius 3 is 2.61 bits per heavy atom. The largest absolute Gasteiger partial charge is 0.381 e. The number of hydrogen-bond acceptors (Lipinski definition) is 3. The molecular weight excluding hydrogens is 231 g/mol. The molecule has 0 atom stereocenters. The standard InChI is InChI=1S/C14H21FN2O/c1-18-13-5-7-17(8-6-13)10-12-4-2-3-11(9-16)14(12)15/h2-4,13H,5-10,16H2,1H3. The SMILES string of the molecule is COC1CCN(Cc2cccc(CN)c2F)CC1. The molecule has 0 spiro atoms. The molecule has 0 saturated carbocycles. The van der Waals surface area contributed by atoms with Crippen LogP contribution in [0.1, 0.15) is 24.0 Å². The Morgan fingerprint density at radius 2 is 2.00 bits per heavy atom. The van der Waals surface area contributed by atoms with Crippen LogP contribution in [0, 0.1) is 5.82 Å². The molecule has 1 aliphatic rings. The zero-order valence-electron chi connectivity index (χ0n) is 10.9. The number of benzene rings is 1. The van der Waals surface area contributed by atoms with E-state index in [0.29, 0.717) is 18.2 Å². The van der Waals surface area contributed by atoms with E-state index in [0.717, 1.165) is 31.5 Å². The second kappa shape index (κ2) is 6.27. The number of hydrogen-bond donors (Lipinski definition) is 1. The summed E-state index contributed by atoms with van der Waals surface area (Å²) in [5.74, 6) is -0.145. The number of halogens is 1. The summed E-state index contributed by atoms with van der Waals surface area (Å²) in [6.07, 6.45) is 2.41. The van der Waals surface area contributed by atoms with Gasteiger partial charge in [0.15, 0.2) is 0 Å². The molecule has 0 bridgehead atoms. The molecule has 0 radical (unpaired) electrons. The first-order chi connectivity index (χ1) is 8.74. The molecule has 100 valence electrons. The molecule has 0 aromatic heterocycles. The van der Waals surface area contributed by atoms with Crippen molar-refractivity contribution in [1.82, 2.24) is 4.90 Å². The summed E-state index contributed by atoms with van der Waals surface area (Å²) in [6.45, 7) is 2.84. The van der Waals surface area contributed by atoms with E-state index in [1.54, 1.807) is 13.2 Å². The fraction of sp³-hybridized carbons (Fsp3) is 0.571. The van der Waals surface area contributed by atoms with Crippen molar-refractivity contribution in [3.8, 4) is 0 Å². The Morgan fingerprint density at radius 1 is 1.33 bits per heavy atom. The van der Waals surface area contributed by atoms with Crippen LogP contribution in [0.4, 0.5) is 4.39 Å². The zero-order valence-corrected chi connectivity index (χ0v) is 10.9. The summed E-state index contributed by atoms with van der Waals surface area (Å²) in [5, 5.41) is 0. The van der Waals surface area contributed by atoms with Crippen LogP contribution in [0.5, 0.6) is 0 Å². The van der Waals surface area contributed by atoms with Crippen molar-refractivity contribution < 1.29 is 9.13 Å². The molecule has 1 fully saturated rings. The summed E-state index contributed by atoms with van der Waals surface area (Å²) in [5.41, 5.74) is 6.86. The van der Waals surface area contributed by atoms with Gasteiger partial charge in [0.05, 0.1) is 6.10 Å². The van der Waals surface area contributed by atoms with Crippen LogP contribution < -0.4 is 5.73 Å². The molecule has 0 aliphatic carbocycles. The van der Waals surface area contributed by atoms with Crippen molar-refractivity contribution >= 4 is 0 Å². The van der Waals surface area contributed by atoms with Gasteiger partial charge in [-0.3, -0.25) is 4.90 Å². The smallest absolute Gasteiger partial charge is 0.132 e. The van der Waals surface area contributed by atoms with E-state index in [4.69, 9.17) is 10.5 Å². The molecular formula is C14H21FN2O. The summed E-state index contributed by atoms with van der Waals surface area (Å²) in [4.78, 5) is 2.27. The summed E-state index contributed by atoms with van der Waals surface area (Å²) in [6, 6.07) is 5.47. The lowest BCUT2D eigenvalue weighted by Gasteiger charge is -2.31. The Kier molecular flexibility index (Phi) is 4.69. The molecule has 2 rings (SSSR count). The number of piperidine rings is 1. The molecule has 1 saturated heterocycles. The lowest BCUT2D eigenvalue weighted by atomic mass is 10.1. The van der Waals surface area contributed by atoms with Crippen molar-refractivity contribution in [3.63, 3.8) is 0 Å².